The van der Waals surface area contributed by atoms with Gasteiger partial charge in [-0.1, -0.05) is 6.07 Å². The van der Waals surface area contributed by atoms with Gasteiger partial charge in [0.05, 0.1) is 11.7 Å². The number of nitrogens with zero attached hydrogens (tertiary/aromatic N) is 3. The van der Waals surface area contributed by atoms with Gasteiger partial charge in [0.25, 0.3) is 0 Å². The highest BCUT2D eigenvalue weighted by Gasteiger charge is 1.98. The van der Waals surface area contributed by atoms with E-state index < -0.39 is 0 Å². The molecule has 0 radical (unpaired) electrons. The molecule has 2 aromatic heterocycles. The van der Waals surface area contributed by atoms with E-state index in [4.69, 9.17) is 5.73 Å². The van der Waals surface area contributed by atoms with Gasteiger partial charge in [-0.05, 0) is 41.8 Å². The first-order chi connectivity index (χ1) is 11.1. The summed E-state index contributed by atoms with van der Waals surface area (Å²) >= 11 is 0. The van der Waals surface area contributed by atoms with Gasteiger partial charge in [0.1, 0.15) is 0 Å². The lowest BCUT2D eigenvalue weighted by atomic mass is 10.2. The minimum Gasteiger partial charge on any atom is -0.399 e. The summed E-state index contributed by atoms with van der Waals surface area (Å²) in [6.45, 7) is 0. The molecule has 0 saturated heterocycles. The number of hydrogen-bond donors (Lipinski definition) is 2. The summed E-state index contributed by atoms with van der Waals surface area (Å²) in [6.07, 6.45) is 3.90. The maximum atomic E-state index is 5.64. The number of rotatable bonds is 1. The fraction of sp³-hybridized carbons (Fsp3) is 0.167. The lowest BCUT2D eigenvalue weighted by Gasteiger charge is -1.99. The van der Waals surface area contributed by atoms with Gasteiger partial charge < -0.3 is 15.6 Å². The second kappa shape index (κ2) is 6.04. The number of aryl methyl sites for hydroxylation is 2. The van der Waals surface area contributed by atoms with Crippen LogP contribution in [0.5, 0.6) is 0 Å². The van der Waals surface area contributed by atoms with Crippen molar-refractivity contribution in [1.82, 2.24) is 14.3 Å². The Morgan fingerprint density at radius 3 is 2.57 bits per heavy atom. The number of benzene rings is 2. The molecular formula is C18H21N5. The number of anilines is 2. The highest BCUT2D eigenvalue weighted by Crippen LogP contribution is 2.18. The number of aromatic nitrogens is 3. The monoisotopic (exact) mass is 307 g/mol. The van der Waals surface area contributed by atoms with Crippen LogP contribution < -0.4 is 11.1 Å². The summed E-state index contributed by atoms with van der Waals surface area (Å²) < 4.78 is 3.93. The molecule has 0 amide bonds. The predicted octanol–water partition coefficient (Wildman–Crippen LogP) is 3.38. The summed E-state index contributed by atoms with van der Waals surface area (Å²) in [6, 6.07) is 14.2. The predicted molar refractivity (Wildman–Crippen MR) is 97.6 cm³/mol. The van der Waals surface area contributed by atoms with Crippen LogP contribution in [-0.2, 0) is 14.1 Å². The van der Waals surface area contributed by atoms with E-state index in [1.165, 1.54) is 16.3 Å². The summed E-state index contributed by atoms with van der Waals surface area (Å²) in [5, 5.41) is 9.66. The van der Waals surface area contributed by atoms with E-state index in [0.717, 1.165) is 16.9 Å². The first-order valence-electron chi connectivity index (χ1n) is 7.48. The summed E-state index contributed by atoms with van der Waals surface area (Å²) in [5.41, 5.74) is 9.92. The van der Waals surface area contributed by atoms with Gasteiger partial charge >= 0.3 is 0 Å². The number of fused-ring (bicyclic) bond motifs is 2. The molecule has 5 nitrogen and oxygen atoms in total. The number of nitrogens with one attached hydrogen (secondary N) is 1. The lowest BCUT2D eigenvalue weighted by molar-refractivity contribution is 0.797. The van der Waals surface area contributed by atoms with Crippen LogP contribution in [0.4, 0.5) is 11.4 Å². The minimum absolute atomic E-state index is 0.819. The van der Waals surface area contributed by atoms with Gasteiger partial charge in [0.2, 0.25) is 0 Å². The quantitative estimate of drug-likeness (QED) is 0.530. The molecule has 0 aliphatic rings. The van der Waals surface area contributed by atoms with Crippen LogP contribution >= 0.6 is 0 Å². The first kappa shape index (κ1) is 15.0. The van der Waals surface area contributed by atoms with Gasteiger partial charge in [-0.15, -0.1) is 0 Å². The van der Waals surface area contributed by atoms with Crippen molar-refractivity contribution in [1.29, 1.82) is 0 Å². The Morgan fingerprint density at radius 2 is 1.78 bits per heavy atom. The van der Waals surface area contributed by atoms with Gasteiger partial charge in [-0.2, -0.15) is 5.10 Å². The maximum absolute atomic E-state index is 5.64. The summed E-state index contributed by atoms with van der Waals surface area (Å²) in [5.74, 6) is 0. The molecule has 0 atom stereocenters. The van der Waals surface area contributed by atoms with E-state index in [-0.39, 0.29) is 0 Å². The molecule has 118 valence electrons. The van der Waals surface area contributed by atoms with E-state index in [9.17, 15) is 0 Å². The minimum atomic E-state index is 0.819. The second-order valence-corrected chi connectivity index (χ2v) is 5.54. The van der Waals surface area contributed by atoms with E-state index in [1.54, 1.807) is 0 Å². The Balaban J connectivity index is 0.000000136. The zero-order valence-corrected chi connectivity index (χ0v) is 13.6. The van der Waals surface area contributed by atoms with Gasteiger partial charge in [-0.3, -0.25) is 4.68 Å². The molecule has 2 aromatic carbocycles. The summed E-state index contributed by atoms with van der Waals surface area (Å²) in [4.78, 5) is 0. The summed E-state index contributed by atoms with van der Waals surface area (Å²) in [7, 11) is 5.88. The standard InChI is InChI=1S/C9H11N3.C9H10N2/c1-10-8-3-4-9-7(5-8)6-11-12(9)2;1-11-5-4-7-2-3-8(10)6-9(7)11/h3-6,10H,1-2H3;2-6H,10H2,1H3. The van der Waals surface area contributed by atoms with Gasteiger partial charge in [-0.25, -0.2) is 0 Å². The molecule has 0 spiro atoms. The molecule has 2 heterocycles. The molecule has 0 fully saturated rings. The third-order valence-electron chi connectivity index (χ3n) is 3.95. The molecule has 4 rings (SSSR count). The first-order valence-corrected chi connectivity index (χ1v) is 7.48. The molecule has 0 unspecified atom stereocenters. The van der Waals surface area contributed by atoms with Crippen LogP contribution in [-0.4, -0.2) is 21.4 Å². The molecule has 3 N–H and O–H groups in total. The van der Waals surface area contributed by atoms with Crippen molar-refractivity contribution in [2.75, 3.05) is 18.1 Å². The van der Waals surface area contributed by atoms with Gasteiger partial charge in [0.15, 0.2) is 0 Å². The van der Waals surface area contributed by atoms with Crippen LogP contribution in [0.1, 0.15) is 0 Å². The van der Waals surface area contributed by atoms with Crippen molar-refractivity contribution in [2.45, 2.75) is 0 Å². The van der Waals surface area contributed by atoms with Crippen molar-refractivity contribution >= 4 is 33.2 Å². The molecule has 0 bridgehead atoms. The van der Waals surface area contributed by atoms with E-state index in [1.807, 2.05) is 62.5 Å². The number of hydrogen-bond acceptors (Lipinski definition) is 3. The topological polar surface area (TPSA) is 60.8 Å². The highest BCUT2D eigenvalue weighted by molar-refractivity contribution is 5.83. The Labute approximate surface area is 135 Å². The number of nitrogens with two attached hydrogens (primary N) is 1. The number of nitrogen functional groups attached to an aromatic ring is 1. The van der Waals surface area contributed by atoms with Crippen LogP contribution in [0.15, 0.2) is 54.9 Å². The average molecular weight is 307 g/mol. The Bertz CT molecular complexity index is 949. The van der Waals surface area contributed by atoms with Crippen LogP contribution in [0, 0.1) is 0 Å². The zero-order valence-electron chi connectivity index (χ0n) is 13.6. The Hall–Kier alpha value is -2.95. The molecule has 23 heavy (non-hydrogen) atoms. The Kier molecular flexibility index (Phi) is 3.93. The van der Waals surface area contributed by atoms with Crippen LogP contribution in [0.25, 0.3) is 21.8 Å². The average Bonchev–Trinajstić information content (AvgIpc) is 3.11. The van der Waals surface area contributed by atoms with Crippen LogP contribution in [0.2, 0.25) is 0 Å². The molecular weight excluding hydrogens is 286 g/mol. The van der Waals surface area contributed by atoms with Crippen molar-refractivity contribution in [3.05, 3.63) is 54.9 Å². The largest absolute Gasteiger partial charge is 0.399 e. The third kappa shape index (κ3) is 2.99. The van der Waals surface area contributed by atoms with E-state index in [2.05, 4.69) is 33.2 Å². The SMILES string of the molecule is CNc1ccc2c(cnn2C)c1.Cn1ccc2ccc(N)cc21. The lowest BCUT2D eigenvalue weighted by Crippen LogP contribution is -1.89. The fourth-order valence-corrected chi connectivity index (χ4v) is 2.60. The highest BCUT2D eigenvalue weighted by atomic mass is 15.2. The fourth-order valence-electron chi connectivity index (χ4n) is 2.60. The normalized spacial score (nSPS) is 10.6. The maximum Gasteiger partial charge on any atom is 0.0680 e. The van der Waals surface area contributed by atoms with E-state index in [0.29, 0.717) is 0 Å². The smallest absolute Gasteiger partial charge is 0.0680 e. The second-order valence-electron chi connectivity index (χ2n) is 5.54. The van der Waals surface area contributed by atoms with Gasteiger partial charge in [0, 0.05) is 49.6 Å². The molecule has 0 saturated carbocycles. The molecule has 0 aliphatic carbocycles. The van der Waals surface area contributed by atoms with Crippen molar-refractivity contribution < 1.29 is 0 Å². The van der Waals surface area contributed by atoms with Crippen molar-refractivity contribution in [3.63, 3.8) is 0 Å². The molecule has 0 aliphatic heterocycles. The molecule has 5 heteroatoms. The zero-order chi connectivity index (χ0) is 16.4. The third-order valence-corrected chi connectivity index (χ3v) is 3.95. The van der Waals surface area contributed by atoms with Crippen molar-refractivity contribution in [3.8, 4) is 0 Å². The molecule has 4 aromatic rings. The van der Waals surface area contributed by atoms with E-state index >= 15 is 0 Å². The van der Waals surface area contributed by atoms with Crippen molar-refractivity contribution in [2.24, 2.45) is 14.1 Å². The Morgan fingerprint density at radius 1 is 0.957 bits per heavy atom. The van der Waals surface area contributed by atoms with Crippen LogP contribution in [0.3, 0.4) is 0 Å².